The van der Waals surface area contributed by atoms with Crippen LogP contribution in [0.25, 0.3) is 0 Å². The highest BCUT2D eigenvalue weighted by Gasteiger charge is 2.47. The topological polar surface area (TPSA) is 194 Å². The van der Waals surface area contributed by atoms with E-state index in [-0.39, 0.29) is 27.8 Å². The minimum Gasteiger partial charge on any atom is -0.497 e. The number of nitrogens with zero attached hydrogens (tertiary/aromatic N) is 2. The molecule has 44 heavy (non-hydrogen) atoms. The SMILES string of the molecule is COc1ccc(CN2C(=O)N(Cc3ccc(OC)cc3)[C@@H](c3cccc(P(=O)(O)O)c3)[C@@H]2c2cccc(P)c2)cc1.O.O.O. The second kappa shape index (κ2) is 15.3. The fraction of sp³-hybridized carbons (Fsp3) is 0.194. The number of amides is 2. The third-order valence-corrected chi connectivity index (χ3v) is 8.60. The van der Waals surface area contributed by atoms with Gasteiger partial charge < -0.3 is 45.5 Å². The van der Waals surface area contributed by atoms with Crippen molar-refractivity contribution in [1.29, 1.82) is 0 Å². The smallest absolute Gasteiger partial charge is 0.356 e. The van der Waals surface area contributed by atoms with Crippen LogP contribution in [0.1, 0.15) is 34.3 Å². The first-order valence-corrected chi connectivity index (χ1v) is 15.2. The summed E-state index contributed by atoms with van der Waals surface area (Å²) in [5, 5.41) is 0.884. The van der Waals surface area contributed by atoms with Gasteiger partial charge in [-0.3, -0.25) is 4.57 Å². The minimum absolute atomic E-state index is 0. The summed E-state index contributed by atoms with van der Waals surface area (Å²) < 4.78 is 22.9. The van der Waals surface area contributed by atoms with Crippen molar-refractivity contribution in [3.63, 3.8) is 0 Å². The molecule has 1 unspecified atom stereocenters. The molecule has 0 aromatic heterocycles. The number of carbonyl (C=O) groups is 1. The summed E-state index contributed by atoms with van der Waals surface area (Å²) in [6.07, 6.45) is 0. The van der Waals surface area contributed by atoms with Crippen LogP contribution in [0, 0.1) is 0 Å². The molecule has 13 heteroatoms. The summed E-state index contributed by atoms with van der Waals surface area (Å²) >= 11 is 0. The van der Waals surface area contributed by atoms with Gasteiger partial charge in [0.1, 0.15) is 11.5 Å². The Morgan fingerprint density at radius 1 is 0.705 bits per heavy atom. The molecule has 0 spiro atoms. The molecule has 1 saturated heterocycles. The molecule has 0 radical (unpaired) electrons. The monoisotopic (exact) mass is 644 g/mol. The van der Waals surface area contributed by atoms with Crippen LogP contribution in [0.4, 0.5) is 4.79 Å². The molecule has 4 aromatic carbocycles. The van der Waals surface area contributed by atoms with Crippen molar-refractivity contribution in [3.8, 4) is 11.5 Å². The number of hydrogen-bond acceptors (Lipinski definition) is 4. The predicted octanol–water partition coefficient (Wildman–Crippen LogP) is 2.45. The maximum Gasteiger partial charge on any atom is 0.356 e. The van der Waals surface area contributed by atoms with E-state index in [9.17, 15) is 19.1 Å². The molecule has 1 heterocycles. The lowest BCUT2D eigenvalue weighted by Crippen LogP contribution is -2.32. The van der Waals surface area contributed by atoms with E-state index >= 15 is 0 Å². The Kier molecular flexibility index (Phi) is 12.6. The number of benzene rings is 4. The first-order valence-electron chi connectivity index (χ1n) is 13.0. The lowest BCUT2D eigenvalue weighted by atomic mass is 9.92. The van der Waals surface area contributed by atoms with E-state index in [1.165, 1.54) is 12.1 Å². The van der Waals surface area contributed by atoms with Gasteiger partial charge in [-0.2, -0.15) is 0 Å². The van der Waals surface area contributed by atoms with Crippen molar-refractivity contribution in [2.45, 2.75) is 25.2 Å². The van der Waals surface area contributed by atoms with Crippen molar-refractivity contribution in [2.24, 2.45) is 0 Å². The number of ether oxygens (including phenoxy) is 2. The highest BCUT2D eigenvalue weighted by atomic mass is 31.2. The Bertz CT molecular complexity index is 1580. The maximum atomic E-state index is 14.3. The van der Waals surface area contributed by atoms with E-state index < -0.39 is 19.7 Å². The third kappa shape index (κ3) is 7.83. The van der Waals surface area contributed by atoms with Gasteiger partial charge in [-0.15, -0.1) is 9.24 Å². The van der Waals surface area contributed by atoms with Crippen LogP contribution < -0.4 is 20.1 Å². The summed E-state index contributed by atoms with van der Waals surface area (Å²) in [5.41, 5.74) is 3.40. The second-order valence-corrected chi connectivity index (χ2v) is 12.2. The van der Waals surface area contributed by atoms with Crippen molar-refractivity contribution in [3.05, 3.63) is 119 Å². The van der Waals surface area contributed by atoms with Crippen LogP contribution in [0.5, 0.6) is 11.5 Å². The summed E-state index contributed by atoms with van der Waals surface area (Å²) in [5.74, 6) is 1.44. The molecule has 1 aliphatic rings. The van der Waals surface area contributed by atoms with Gasteiger partial charge >= 0.3 is 13.6 Å². The van der Waals surface area contributed by atoms with E-state index in [0.717, 1.165) is 27.7 Å². The molecule has 5 rings (SSSR count). The zero-order valence-corrected chi connectivity index (χ0v) is 26.3. The molecule has 2 amide bonds. The summed E-state index contributed by atoms with van der Waals surface area (Å²) in [6, 6.07) is 28.3. The summed E-state index contributed by atoms with van der Waals surface area (Å²) in [6.45, 7) is 0.631. The molecule has 8 N–H and O–H groups in total. The fourth-order valence-corrected chi connectivity index (χ4v) is 6.19. The van der Waals surface area contributed by atoms with E-state index in [1.807, 2.05) is 83.8 Å². The molecule has 1 aliphatic heterocycles. The molecule has 0 saturated carbocycles. The minimum atomic E-state index is -4.52. The highest BCUT2D eigenvalue weighted by molar-refractivity contribution is 7.60. The lowest BCUT2D eigenvalue weighted by molar-refractivity contribution is 0.181. The largest absolute Gasteiger partial charge is 0.497 e. The number of rotatable bonds is 9. The molecule has 236 valence electrons. The standard InChI is InChI=1S/C31H32N2O6P2.3H2O/c1-38-25-13-9-21(10-14-25)19-32-29(23-5-3-7-27(40)17-23)30(24-6-4-8-28(18-24)41(35,36)37)33(31(32)34)20-22-11-15-26(39-2)16-12-22;;;/h3-18,29-30H,19-20,40H2,1-2H3,(H2,35,36,37);3*1H2/t29-,30-;;;/m0.../s1. The van der Waals surface area contributed by atoms with Gasteiger partial charge in [-0.05, 0) is 70.0 Å². The molecule has 3 atom stereocenters. The lowest BCUT2D eigenvalue weighted by Gasteiger charge is -2.29. The first kappa shape index (κ1) is 36.4. The number of carbonyl (C=O) groups excluding carboxylic acids is 1. The maximum absolute atomic E-state index is 14.3. The van der Waals surface area contributed by atoms with Gasteiger partial charge in [0.05, 0.1) is 31.6 Å². The Hall–Kier alpha value is -3.79. The molecule has 0 aliphatic carbocycles. The number of methoxy groups -OCH3 is 2. The van der Waals surface area contributed by atoms with Gasteiger partial charge in [0.25, 0.3) is 0 Å². The molecule has 11 nitrogen and oxygen atoms in total. The van der Waals surface area contributed by atoms with Gasteiger partial charge in [0.2, 0.25) is 0 Å². The van der Waals surface area contributed by atoms with Crippen molar-refractivity contribution >= 4 is 33.5 Å². The van der Waals surface area contributed by atoms with Crippen molar-refractivity contribution < 1.29 is 45.0 Å². The van der Waals surface area contributed by atoms with Crippen LogP contribution in [0.15, 0.2) is 97.1 Å². The third-order valence-electron chi connectivity index (χ3n) is 7.29. The van der Waals surface area contributed by atoms with Crippen molar-refractivity contribution in [2.75, 3.05) is 14.2 Å². The van der Waals surface area contributed by atoms with E-state index in [4.69, 9.17) is 9.47 Å². The molecular formula is C31H38N2O9P2. The quantitative estimate of drug-likeness (QED) is 0.263. The van der Waals surface area contributed by atoms with E-state index in [1.54, 1.807) is 25.2 Å². The van der Waals surface area contributed by atoms with Gasteiger partial charge in [0, 0.05) is 13.1 Å². The van der Waals surface area contributed by atoms with E-state index in [2.05, 4.69) is 9.24 Å². The number of hydrogen-bond donors (Lipinski definition) is 2. The summed E-state index contributed by atoms with van der Waals surface area (Å²) in [4.78, 5) is 37.9. The Morgan fingerprint density at radius 3 is 1.55 bits per heavy atom. The fourth-order valence-electron chi connectivity index (χ4n) is 5.29. The van der Waals surface area contributed by atoms with Crippen LogP contribution in [0.2, 0.25) is 0 Å². The average molecular weight is 645 g/mol. The van der Waals surface area contributed by atoms with Crippen LogP contribution >= 0.6 is 16.8 Å². The molecular weight excluding hydrogens is 606 g/mol. The first-order chi connectivity index (χ1) is 19.7. The Labute approximate surface area is 258 Å². The molecule has 1 fully saturated rings. The van der Waals surface area contributed by atoms with E-state index in [0.29, 0.717) is 24.4 Å². The number of urea groups is 1. The van der Waals surface area contributed by atoms with Crippen molar-refractivity contribution in [1.82, 2.24) is 9.80 Å². The highest BCUT2D eigenvalue weighted by Crippen LogP contribution is 2.47. The normalized spacial score (nSPS) is 16.0. The predicted molar refractivity (Wildman–Crippen MR) is 173 cm³/mol. The molecule has 0 bridgehead atoms. The average Bonchev–Trinajstić information content (AvgIpc) is 3.24. The Morgan fingerprint density at radius 2 is 1.14 bits per heavy atom. The van der Waals surface area contributed by atoms with Crippen LogP contribution in [-0.4, -0.2) is 56.3 Å². The summed E-state index contributed by atoms with van der Waals surface area (Å²) in [7, 11) is 1.40. The van der Waals surface area contributed by atoms with Gasteiger partial charge in [0.15, 0.2) is 0 Å². The molecule has 4 aromatic rings. The van der Waals surface area contributed by atoms with Gasteiger partial charge in [-0.25, -0.2) is 4.79 Å². The zero-order valence-electron chi connectivity index (χ0n) is 24.3. The second-order valence-electron chi connectivity index (χ2n) is 9.93. The van der Waals surface area contributed by atoms with Gasteiger partial charge in [-0.1, -0.05) is 54.6 Å². The van der Waals surface area contributed by atoms with Crippen LogP contribution in [0.3, 0.4) is 0 Å². The Balaban J connectivity index is 0.00000225. The van der Waals surface area contributed by atoms with Crippen LogP contribution in [-0.2, 0) is 17.7 Å². The zero-order chi connectivity index (χ0) is 29.1.